The van der Waals surface area contributed by atoms with Gasteiger partial charge in [-0.1, -0.05) is 43.3 Å². The molecule has 1 aliphatic carbocycles. The average Bonchev–Trinajstić information content (AvgIpc) is 3.69. The molecule has 2 aliphatic rings. The van der Waals surface area contributed by atoms with E-state index in [1.807, 2.05) is 36.4 Å². The van der Waals surface area contributed by atoms with E-state index in [0.717, 1.165) is 35.1 Å². The second kappa shape index (κ2) is 9.54. The van der Waals surface area contributed by atoms with Crippen LogP contribution >= 0.6 is 10.6 Å². The Labute approximate surface area is 212 Å². The zero-order valence-electron chi connectivity index (χ0n) is 20.4. The molecule has 0 saturated heterocycles. The van der Waals surface area contributed by atoms with Gasteiger partial charge in [-0.2, -0.15) is 10.6 Å². The Morgan fingerprint density at radius 3 is 2.42 bits per heavy atom. The maximum Gasteiger partial charge on any atom is 0.306 e. The fourth-order valence-electron chi connectivity index (χ4n) is 5.56. The number of aliphatic carboxylic acids is 1. The van der Waals surface area contributed by atoms with Gasteiger partial charge in [0.2, 0.25) is 0 Å². The summed E-state index contributed by atoms with van der Waals surface area (Å²) in [5.74, 6) is -0.671. The van der Waals surface area contributed by atoms with Gasteiger partial charge in [-0.05, 0) is 77.6 Å². The highest BCUT2D eigenvalue weighted by Crippen LogP contribution is 2.58. The Morgan fingerprint density at radius 2 is 1.78 bits per heavy atom. The monoisotopic (exact) mass is 510 g/mol. The first kappa shape index (κ1) is 24.8. The Balaban J connectivity index is 1.44. The predicted octanol–water partition coefficient (Wildman–Crippen LogP) is 7.17. The van der Waals surface area contributed by atoms with Gasteiger partial charge in [0.1, 0.15) is 11.6 Å². The lowest BCUT2D eigenvalue weighted by molar-refractivity contribution is -0.142. The first-order valence-corrected chi connectivity index (χ1v) is 13.9. The quantitative estimate of drug-likeness (QED) is 0.314. The molecule has 0 spiro atoms. The minimum absolute atomic E-state index is 0.0768. The summed E-state index contributed by atoms with van der Waals surface area (Å²) in [6.45, 7) is 1.76. The normalized spacial score (nSPS) is 21.2. The van der Waals surface area contributed by atoms with Crippen LogP contribution in [0.4, 0.5) is 4.39 Å². The molecule has 7 heteroatoms. The molecule has 1 fully saturated rings. The minimum atomic E-state index is -2.99. The van der Waals surface area contributed by atoms with E-state index in [-0.39, 0.29) is 23.4 Å². The van der Waals surface area contributed by atoms with Gasteiger partial charge >= 0.3 is 5.97 Å². The standard InChI is InChI=1S/C29H31FO5S/c1-17(29(31)32)28(20-7-8-20)21-9-12-27-22(13-21)14-23(16-36(27,33)34)18-3-5-19(6-4-18)25-15-24(35-2)10-11-26(25)30/h3-6,9-13,15,17,20,23,28,33-34H,7-8,14,16H2,1-2H3,(H,31,32)/t17-,23?,28-/m0/s1. The molecule has 3 N–H and O–H groups in total. The smallest absolute Gasteiger partial charge is 0.306 e. The first-order valence-electron chi connectivity index (χ1n) is 12.2. The van der Waals surface area contributed by atoms with Gasteiger partial charge in [0.25, 0.3) is 0 Å². The van der Waals surface area contributed by atoms with Gasteiger partial charge in [0, 0.05) is 17.2 Å². The predicted molar refractivity (Wildman–Crippen MR) is 140 cm³/mol. The molecule has 0 aromatic heterocycles. The lowest BCUT2D eigenvalue weighted by Gasteiger charge is -2.42. The average molecular weight is 511 g/mol. The minimum Gasteiger partial charge on any atom is -0.497 e. The molecule has 1 unspecified atom stereocenters. The number of halogens is 1. The molecule has 5 nitrogen and oxygen atoms in total. The molecule has 1 aliphatic heterocycles. The SMILES string of the molecule is COc1ccc(F)c(-c2ccc(C3Cc4cc([C@H](C5CC5)[C@H](C)C(=O)O)ccc4S(O)(O)C3)cc2)c1. The van der Waals surface area contributed by atoms with Crippen LogP contribution in [0.25, 0.3) is 11.1 Å². The maximum absolute atomic E-state index is 14.4. The Hall–Kier alpha value is -2.87. The van der Waals surface area contributed by atoms with Crippen molar-refractivity contribution in [3.05, 3.63) is 83.2 Å². The summed E-state index contributed by atoms with van der Waals surface area (Å²) in [5, 5.41) is 9.65. The van der Waals surface area contributed by atoms with Crippen LogP contribution < -0.4 is 4.74 Å². The molecule has 5 rings (SSSR count). The van der Waals surface area contributed by atoms with Crippen LogP contribution in [0.3, 0.4) is 0 Å². The van der Waals surface area contributed by atoms with E-state index in [9.17, 15) is 23.4 Å². The van der Waals surface area contributed by atoms with Gasteiger partial charge in [0.05, 0.1) is 17.9 Å². The molecule has 3 aromatic carbocycles. The highest BCUT2D eigenvalue weighted by molar-refractivity contribution is 8.24. The number of carbonyl (C=O) groups is 1. The lowest BCUT2D eigenvalue weighted by Crippen LogP contribution is -2.24. The van der Waals surface area contributed by atoms with Crippen LogP contribution in [0.2, 0.25) is 0 Å². The van der Waals surface area contributed by atoms with Gasteiger partial charge < -0.3 is 9.84 Å². The number of rotatable bonds is 7. The van der Waals surface area contributed by atoms with Crippen molar-refractivity contribution in [2.24, 2.45) is 11.8 Å². The molecule has 0 amide bonds. The first-order chi connectivity index (χ1) is 17.2. The number of benzene rings is 3. The highest BCUT2D eigenvalue weighted by atomic mass is 32.3. The second-order valence-electron chi connectivity index (χ2n) is 10.1. The summed E-state index contributed by atoms with van der Waals surface area (Å²) in [5.41, 5.74) is 3.95. The van der Waals surface area contributed by atoms with Gasteiger partial charge in [-0.15, -0.1) is 0 Å². The molecule has 36 heavy (non-hydrogen) atoms. The Bertz CT molecular complexity index is 1290. The van der Waals surface area contributed by atoms with E-state index in [0.29, 0.717) is 28.5 Å². The molecule has 1 heterocycles. The van der Waals surface area contributed by atoms with Crippen molar-refractivity contribution in [2.45, 2.75) is 42.9 Å². The van der Waals surface area contributed by atoms with Crippen LogP contribution in [-0.4, -0.2) is 33.0 Å². The summed E-state index contributed by atoms with van der Waals surface area (Å²) in [4.78, 5) is 12.3. The molecule has 0 radical (unpaired) electrons. The number of hydrogen-bond acceptors (Lipinski definition) is 4. The van der Waals surface area contributed by atoms with Gasteiger partial charge in [0.15, 0.2) is 0 Å². The summed E-state index contributed by atoms with van der Waals surface area (Å²) >= 11 is 0. The van der Waals surface area contributed by atoms with Crippen molar-refractivity contribution in [3.63, 3.8) is 0 Å². The second-order valence-corrected chi connectivity index (χ2v) is 12.2. The van der Waals surface area contributed by atoms with E-state index >= 15 is 0 Å². The van der Waals surface area contributed by atoms with E-state index in [2.05, 4.69) is 0 Å². The summed E-state index contributed by atoms with van der Waals surface area (Å²) in [6, 6.07) is 17.8. The molecule has 0 bridgehead atoms. The summed E-state index contributed by atoms with van der Waals surface area (Å²) in [7, 11) is -1.45. The number of fused-ring (bicyclic) bond motifs is 1. The summed E-state index contributed by atoms with van der Waals surface area (Å²) < 4.78 is 41.7. The third kappa shape index (κ3) is 4.75. The Morgan fingerprint density at radius 1 is 1.06 bits per heavy atom. The van der Waals surface area contributed by atoms with E-state index in [4.69, 9.17) is 4.74 Å². The number of ether oxygens (including phenoxy) is 1. The topological polar surface area (TPSA) is 87.0 Å². The van der Waals surface area contributed by atoms with Crippen molar-refractivity contribution < 1.29 is 28.1 Å². The van der Waals surface area contributed by atoms with Crippen molar-refractivity contribution in [1.29, 1.82) is 0 Å². The third-order valence-electron chi connectivity index (χ3n) is 7.65. The van der Waals surface area contributed by atoms with E-state index in [1.54, 1.807) is 32.2 Å². The summed E-state index contributed by atoms with van der Waals surface area (Å²) in [6.07, 6.45) is 2.68. The fourth-order valence-corrected chi connectivity index (χ4v) is 7.46. The zero-order chi connectivity index (χ0) is 25.6. The van der Waals surface area contributed by atoms with Gasteiger partial charge in [-0.25, -0.2) is 4.39 Å². The highest BCUT2D eigenvalue weighted by Gasteiger charge is 2.40. The van der Waals surface area contributed by atoms with Crippen molar-refractivity contribution >= 4 is 16.6 Å². The number of carboxylic acid groups (broad SMARTS) is 1. The van der Waals surface area contributed by atoms with Crippen LogP contribution in [-0.2, 0) is 11.2 Å². The van der Waals surface area contributed by atoms with Gasteiger partial charge in [-0.3, -0.25) is 13.9 Å². The number of carboxylic acids is 1. The Kier molecular flexibility index (Phi) is 6.57. The van der Waals surface area contributed by atoms with Crippen LogP contribution in [0.5, 0.6) is 5.75 Å². The van der Waals surface area contributed by atoms with E-state index < -0.39 is 22.5 Å². The molecule has 3 atom stereocenters. The molecule has 190 valence electrons. The van der Waals surface area contributed by atoms with Crippen molar-refractivity contribution in [3.8, 4) is 16.9 Å². The van der Waals surface area contributed by atoms with Crippen LogP contribution in [0.15, 0.2) is 65.6 Å². The molecular formula is C29H31FO5S. The molecule has 3 aromatic rings. The number of methoxy groups -OCH3 is 1. The number of hydrogen-bond donors (Lipinski definition) is 3. The largest absolute Gasteiger partial charge is 0.497 e. The zero-order valence-corrected chi connectivity index (χ0v) is 21.2. The van der Waals surface area contributed by atoms with Crippen LogP contribution in [0, 0.1) is 17.7 Å². The molecular weight excluding hydrogens is 479 g/mol. The van der Waals surface area contributed by atoms with E-state index in [1.165, 1.54) is 6.07 Å². The maximum atomic E-state index is 14.4. The van der Waals surface area contributed by atoms with Crippen molar-refractivity contribution in [1.82, 2.24) is 0 Å². The molecule has 1 saturated carbocycles. The van der Waals surface area contributed by atoms with Crippen molar-refractivity contribution in [2.75, 3.05) is 12.9 Å². The lowest BCUT2D eigenvalue weighted by atomic mass is 9.82. The van der Waals surface area contributed by atoms with Crippen LogP contribution in [0.1, 0.15) is 48.3 Å². The fraction of sp³-hybridized carbons (Fsp3) is 0.345. The third-order valence-corrected chi connectivity index (χ3v) is 9.62.